The van der Waals surface area contributed by atoms with Crippen molar-refractivity contribution < 1.29 is 4.42 Å². The van der Waals surface area contributed by atoms with Gasteiger partial charge < -0.3 is 10.2 Å². The van der Waals surface area contributed by atoms with E-state index in [1.54, 1.807) is 0 Å². The van der Waals surface area contributed by atoms with Gasteiger partial charge in [0, 0.05) is 11.4 Å². The Morgan fingerprint density at radius 3 is 3.00 bits per heavy atom. The Morgan fingerprint density at radius 1 is 1.35 bits per heavy atom. The van der Waals surface area contributed by atoms with Crippen LogP contribution in [0.1, 0.15) is 25.0 Å². The molecule has 1 aromatic heterocycles. The van der Waals surface area contributed by atoms with Gasteiger partial charge in [-0.2, -0.15) is 0 Å². The molecule has 0 saturated carbocycles. The van der Waals surface area contributed by atoms with Crippen molar-refractivity contribution >= 4 is 28.1 Å². The molecule has 1 aliphatic carbocycles. The molecule has 2 aromatic rings. The topological polar surface area (TPSA) is 39.2 Å². The normalized spacial score (nSPS) is 20.6. The van der Waals surface area contributed by atoms with Crippen LogP contribution in [0.15, 0.2) is 34.8 Å². The van der Waals surface area contributed by atoms with Crippen LogP contribution < -0.4 is 5.73 Å². The maximum Gasteiger partial charge on any atom is 0.153 e. The first-order valence-electron chi connectivity index (χ1n) is 5.89. The van der Waals surface area contributed by atoms with Gasteiger partial charge in [-0.3, -0.25) is 0 Å². The maximum atomic E-state index is 6.10. The highest BCUT2D eigenvalue weighted by Crippen LogP contribution is 2.33. The van der Waals surface area contributed by atoms with Crippen LogP contribution in [0.4, 0.5) is 0 Å². The number of halogens is 1. The van der Waals surface area contributed by atoms with E-state index in [4.69, 9.17) is 21.8 Å². The number of fused-ring (bicyclic) bond motifs is 1. The smallest absolute Gasteiger partial charge is 0.153 e. The highest BCUT2D eigenvalue weighted by atomic mass is 35.5. The minimum absolute atomic E-state index is 0.155. The Hall–Kier alpha value is -1.25. The third-order valence-electron chi connectivity index (χ3n) is 3.21. The second-order valence-corrected chi connectivity index (χ2v) is 4.92. The molecule has 1 aromatic carbocycles. The van der Waals surface area contributed by atoms with E-state index in [2.05, 4.69) is 6.08 Å². The molecule has 1 heterocycles. The van der Waals surface area contributed by atoms with Gasteiger partial charge in [0.15, 0.2) is 5.58 Å². The van der Waals surface area contributed by atoms with E-state index >= 15 is 0 Å². The predicted molar refractivity (Wildman–Crippen MR) is 71.0 cm³/mol. The summed E-state index contributed by atoms with van der Waals surface area (Å²) in [5, 5.41) is 1.71. The van der Waals surface area contributed by atoms with Crippen LogP contribution in [0.3, 0.4) is 0 Å². The molecule has 0 amide bonds. The molecule has 3 rings (SSSR count). The molecule has 2 N–H and O–H groups in total. The summed E-state index contributed by atoms with van der Waals surface area (Å²) in [6.45, 7) is 0. The summed E-state index contributed by atoms with van der Waals surface area (Å²) in [5.74, 6) is 0.906. The molecule has 2 nitrogen and oxygen atoms in total. The Kier molecular flexibility index (Phi) is 2.69. The number of allylic oxidation sites excluding steroid dienone is 1. The number of hydrogen-bond donors (Lipinski definition) is 1. The SMILES string of the molecule is NC1C=C(c2cc3cccc(Cl)c3o2)CCC1. The molecule has 0 radical (unpaired) electrons. The molecular formula is C14H14ClNO. The molecule has 0 spiro atoms. The molecule has 1 unspecified atom stereocenters. The zero-order chi connectivity index (χ0) is 11.8. The molecule has 1 aliphatic rings. The van der Waals surface area contributed by atoms with Crippen LogP contribution in [0.5, 0.6) is 0 Å². The predicted octanol–water partition coefficient (Wildman–Crippen LogP) is 3.98. The highest BCUT2D eigenvalue weighted by Gasteiger charge is 2.15. The molecule has 0 aliphatic heterocycles. The van der Waals surface area contributed by atoms with E-state index in [0.717, 1.165) is 36.0 Å². The van der Waals surface area contributed by atoms with Crippen LogP contribution >= 0.6 is 11.6 Å². The molecule has 0 bridgehead atoms. The lowest BCUT2D eigenvalue weighted by Crippen LogP contribution is -2.19. The average molecular weight is 248 g/mol. The number of furan rings is 1. The number of hydrogen-bond acceptors (Lipinski definition) is 2. The van der Waals surface area contributed by atoms with Crippen molar-refractivity contribution in [1.82, 2.24) is 0 Å². The minimum Gasteiger partial charge on any atom is -0.455 e. The van der Waals surface area contributed by atoms with Gasteiger partial charge in [-0.25, -0.2) is 0 Å². The Morgan fingerprint density at radius 2 is 2.24 bits per heavy atom. The van der Waals surface area contributed by atoms with Gasteiger partial charge in [0.05, 0.1) is 5.02 Å². The zero-order valence-electron chi connectivity index (χ0n) is 9.45. The van der Waals surface area contributed by atoms with Gasteiger partial charge in [0.25, 0.3) is 0 Å². The number of para-hydroxylation sites is 1. The van der Waals surface area contributed by atoms with Crippen LogP contribution in [0.25, 0.3) is 16.5 Å². The van der Waals surface area contributed by atoms with E-state index < -0.39 is 0 Å². The van der Waals surface area contributed by atoms with E-state index in [1.807, 2.05) is 24.3 Å². The quantitative estimate of drug-likeness (QED) is 0.828. The summed E-state index contributed by atoms with van der Waals surface area (Å²) in [4.78, 5) is 0. The second-order valence-electron chi connectivity index (χ2n) is 4.52. The van der Waals surface area contributed by atoms with Gasteiger partial charge in [-0.1, -0.05) is 29.8 Å². The van der Waals surface area contributed by atoms with Gasteiger partial charge in [-0.15, -0.1) is 0 Å². The Labute approximate surface area is 105 Å². The zero-order valence-corrected chi connectivity index (χ0v) is 10.2. The fourth-order valence-corrected chi connectivity index (χ4v) is 2.56. The lowest BCUT2D eigenvalue weighted by molar-refractivity contribution is 0.581. The summed E-state index contributed by atoms with van der Waals surface area (Å²) in [6, 6.07) is 7.99. The van der Waals surface area contributed by atoms with Gasteiger partial charge in [0.1, 0.15) is 5.76 Å². The van der Waals surface area contributed by atoms with Crippen molar-refractivity contribution in [3.63, 3.8) is 0 Å². The minimum atomic E-state index is 0.155. The summed E-state index contributed by atoms with van der Waals surface area (Å²) in [6.07, 6.45) is 5.32. The van der Waals surface area contributed by atoms with Crippen molar-refractivity contribution in [3.8, 4) is 0 Å². The fraction of sp³-hybridized carbons (Fsp3) is 0.286. The standard InChI is InChI=1S/C14H14ClNO/c15-12-6-2-4-10-8-13(17-14(10)12)9-3-1-5-11(16)7-9/h2,4,6-8,11H,1,3,5,16H2. The Balaban J connectivity index is 2.09. The van der Waals surface area contributed by atoms with Gasteiger partial charge >= 0.3 is 0 Å². The largest absolute Gasteiger partial charge is 0.455 e. The number of benzene rings is 1. The monoisotopic (exact) mass is 247 g/mol. The average Bonchev–Trinajstić information content (AvgIpc) is 2.74. The van der Waals surface area contributed by atoms with Crippen LogP contribution in [-0.2, 0) is 0 Å². The molecule has 0 saturated heterocycles. The van der Waals surface area contributed by atoms with Gasteiger partial charge in [-0.05, 0) is 37.0 Å². The summed E-state index contributed by atoms with van der Waals surface area (Å²) < 4.78 is 5.83. The second kappa shape index (κ2) is 4.21. The van der Waals surface area contributed by atoms with Crippen LogP contribution in [-0.4, -0.2) is 6.04 Å². The highest BCUT2D eigenvalue weighted by molar-refractivity contribution is 6.34. The molecule has 17 heavy (non-hydrogen) atoms. The Bertz CT molecular complexity index is 585. The fourth-order valence-electron chi connectivity index (χ4n) is 2.34. The third-order valence-corrected chi connectivity index (χ3v) is 3.51. The van der Waals surface area contributed by atoms with E-state index in [-0.39, 0.29) is 6.04 Å². The molecule has 0 fully saturated rings. The first-order valence-corrected chi connectivity index (χ1v) is 6.26. The lowest BCUT2D eigenvalue weighted by Gasteiger charge is -2.15. The van der Waals surface area contributed by atoms with Crippen LogP contribution in [0.2, 0.25) is 5.02 Å². The summed E-state index contributed by atoms with van der Waals surface area (Å²) >= 11 is 6.10. The third kappa shape index (κ3) is 1.99. The number of nitrogens with two attached hydrogens (primary N) is 1. The number of rotatable bonds is 1. The first kappa shape index (κ1) is 10.9. The van der Waals surface area contributed by atoms with Crippen molar-refractivity contribution in [2.24, 2.45) is 5.73 Å². The lowest BCUT2D eigenvalue weighted by atomic mass is 9.95. The molecule has 3 heteroatoms. The maximum absolute atomic E-state index is 6.10. The van der Waals surface area contributed by atoms with Crippen molar-refractivity contribution in [1.29, 1.82) is 0 Å². The molecule has 88 valence electrons. The van der Waals surface area contributed by atoms with E-state index in [9.17, 15) is 0 Å². The first-order chi connectivity index (χ1) is 8.24. The van der Waals surface area contributed by atoms with Crippen molar-refractivity contribution in [2.45, 2.75) is 25.3 Å². The summed E-state index contributed by atoms with van der Waals surface area (Å²) in [5.41, 5.74) is 7.91. The van der Waals surface area contributed by atoms with Crippen LogP contribution in [0, 0.1) is 0 Å². The van der Waals surface area contributed by atoms with Crippen molar-refractivity contribution in [2.75, 3.05) is 0 Å². The molecule has 1 atom stereocenters. The van der Waals surface area contributed by atoms with Gasteiger partial charge in [0.2, 0.25) is 0 Å². The van der Waals surface area contributed by atoms with E-state index in [1.165, 1.54) is 5.57 Å². The van der Waals surface area contributed by atoms with E-state index in [0.29, 0.717) is 5.02 Å². The van der Waals surface area contributed by atoms with Crippen molar-refractivity contribution in [3.05, 3.63) is 41.1 Å². The molecular weight excluding hydrogens is 234 g/mol. The summed E-state index contributed by atoms with van der Waals surface area (Å²) in [7, 11) is 0.